The molecule has 1 saturated heterocycles. The third-order valence-electron chi connectivity index (χ3n) is 2.38. The van der Waals surface area contributed by atoms with Gasteiger partial charge in [-0.3, -0.25) is 14.4 Å². The van der Waals surface area contributed by atoms with Crippen LogP contribution in [0.5, 0.6) is 0 Å². The van der Waals surface area contributed by atoms with Crippen LogP contribution in [-0.2, 0) is 19.1 Å². The molecule has 7 nitrogen and oxygen atoms in total. The Labute approximate surface area is 145 Å². The van der Waals surface area contributed by atoms with Gasteiger partial charge in [-0.15, -0.1) is 0 Å². The number of epoxide rings is 1. The molecule has 142 valence electrons. The first-order valence-electron chi connectivity index (χ1n) is 8.18. The smallest absolute Gasteiger partial charge is 0.225 e. The summed E-state index contributed by atoms with van der Waals surface area (Å²) in [7, 11) is 0. The number of nitrogens with one attached hydrogen (secondary N) is 2. The second-order valence-electron chi connectivity index (χ2n) is 7.33. The second kappa shape index (κ2) is 12.9. The average molecular weight is 346 g/mol. The van der Waals surface area contributed by atoms with E-state index in [1.165, 1.54) is 0 Å². The van der Waals surface area contributed by atoms with Gasteiger partial charge in [0.05, 0.1) is 19.8 Å². The fraction of sp³-hybridized carbons (Fsp3) is 0.824. The summed E-state index contributed by atoms with van der Waals surface area (Å²) in [5.41, 5.74) is -0.372. The van der Waals surface area contributed by atoms with Crippen LogP contribution in [0.4, 0.5) is 0 Å². The molecular formula is C17H34N2O5. The molecule has 2 amide bonds. The molecule has 2 atom stereocenters. The van der Waals surface area contributed by atoms with Crippen molar-refractivity contribution in [3.63, 3.8) is 0 Å². The van der Waals surface area contributed by atoms with Gasteiger partial charge >= 0.3 is 0 Å². The van der Waals surface area contributed by atoms with Crippen molar-refractivity contribution in [2.45, 2.75) is 60.6 Å². The van der Waals surface area contributed by atoms with E-state index >= 15 is 0 Å². The van der Waals surface area contributed by atoms with Gasteiger partial charge in [-0.05, 0) is 12.8 Å². The second-order valence-corrected chi connectivity index (χ2v) is 7.33. The molecule has 1 rings (SSSR count). The summed E-state index contributed by atoms with van der Waals surface area (Å²) >= 11 is 0. The lowest BCUT2D eigenvalue weighted by molar-refractivity contribution is -0.129. The molecule has 1 heterocycles. The molecule has 0 bridgehead atoms. The monoisotopic (exact) mass is 346 g/mol. The van der Waals surface area contributed by atoms with E-state index < -0.39 is 0 Å². The molecule has 0 aromatic rings. The summed E-state index contributed by atoms with van der Waals surface area (Å²) in [5, 5.41) is 13.6. The zero-order valence-electron chi connectivity index (χ0n) is 16.0. The molecule has 2 unspecified atom stereocenters. The minimum atomic E-state index is -0.372. The summed E-state index contributed by atoms with van der Waals surface area (Å²) in [6, 6.07) is -0.151. The van der Waals surface area contributed by atoms with Gasteiger partial charge in [0, 0.05) is 11.5 Å². The number of ketones is 1. The van der Waals surface area contributed by atoms with Gasteiger partial charge in [-0.1, -0.05) is 41.5 Å². The average Bonchev–Trinajstić information content (AvgIpc) is 3.28. The number of aliphatic hydroxyl groups excluding tert-OH is 1. The Morgan fingerprint density at radius 1 is 1.25 bits per heavy atom. The van der Waals surface area contributed by atoms with Crippen molar-refractivity contribution < 1.29 is 24.2 Å². The van der Waals surface area contributed by atoms with E-state index in [2.05, 4.69) is 36.1 Å². The maximum atomic E-state index is 11.2. The lowest BCUT2D eigenvalue weighted by atomic mass is 9.95. The molecule has 1 aliphatic heterocycles. The topological polar surface area (TPSA) is 108 Å². The first-order chi connectivity index (χ1) is 10.9. The first-order valence-corrected chi connectivity index (χ1v) is 8.18. The van der Waals surface area contributed by atoms with Gasteiger partial charge in [0.1, 0.15) is 6.10 Å². The fourth-order valence-electron chi connectivity index (χ4n) is 0.976. The van der Waals surface area contributed by atoms with Crippen molar-refractivity contribution in [3.05, 3.63) is 0 Å². The number of hydrogen-bond acceptors (Lipinski definition) is 5. The van der Waals surface area contributed by atoms with Crippen LogP contribution in [0.3, 0.4) is 0 Å². The number of amides is 2. The van der Waals surface area contributed by atoms with Crippen LogP contribution in [0.1, 0.15) is 48.5 Å². The number of aliphatic hydroxyl groups is 1. The van der Waals surface area contributed by atoms with E-state index in [1.807, 2.05) is 20.8 Å². The largest absolute Gasteiger partial charge is 0.394 e. The summed E-state index contributed by atoms with van der Waals surface area (Å²) in [6.45, 7) is 14.4. The van der Waals surface area contributed by atoms with Crippen molar-refractivity contribution in [3.8, 4) is 0 Å². The highest BCUT2D eigenvalue weighted by molar-refractivity contribution is 5.88. The van der Waals surface area contributed by atoms with Crippen LogP contribution >= 0.6 is 0 Å². The van der Waals surface area contributed by atoms with E-state index in [0.29, 0.717) is 13.0 Å². The van der Waals surface area contributed by atoms with Gasteiger partial charge < -0.3 is 20.5 Å². The standard InChI is InChI=1S/C8H17NO2.C5H7NO3.C4H10/c1-6(5-10)9-7(11)8(2,3)4;7-3-6-1-4(8)5-2-9-5;1-4(2)3/h6,10H,5H2,1-4H3,(H,9,11);3,5H,1-2H2,(H,6,7);4H,1-3H3. The first kappa shape index (κ1) is 24.8. The van der Waals surface area contributed by atoms with Crippen LogP contribution in [0.15, 0.2) is 0 Å². The molecule has 0 aromatic heterocycles. The zero-order chi connectivity index (χ0) is 19.3. The number of carbonyl (C=O) groups is 3. The molecule has 0 aliphatic carbocycles. The third kappa shape index (κ3) is 16.9. The molecule has 0 saturated carbocycles. The lowest BCUT2D eigenvalue weighted by Gasteiger charge is -2.20. The van der Waals surface area contributed by atoms with Crippen molar-refractivity contribution in [1.82, 2.24) is 10.6 Å². The number of ether oxygens (including phenoxy) is 1. The Balaban J connectivity index is 0. The van der Waals surface area contributed by atoms with Gasteiger partial charge in [-0.25, -0.2) is 0 Å². The third-order valence-corrected chi connectivity index (χ3v) is 2.38. The van der Waals surface area contributed by atoms with E-state index in [9.17, 15) is 14.4 Å². The summed E-state index contributed by atoms with van der Waals surface area (Å²) in [6.07, 6.45) is 0.262. The highest BCUT2D eigenvalue weighted by Crippen LogP contribution is 2.12. The van der Waals surface area contributed by atoms with E-state index in [4.69, 9.17) is 5.11 Å². The summed E-state index contributed by atoms with van der Waals surface area (Å²) in [5.74, 6) is 0.751. The van der Waals surface area contributed by atoms with Crippen molar-refractivity contribution in [1.29, 1.82) is 0 Å². The van der Waals surface area contributed by atoms with Crippen molar-refractivity contribution in [2.24, 2.45) is 11.3 Å². The van der Waals surface area contributed by atoms with Gasteiger partial charge in [0.25, 0.3) is 0 Å². The maximum absolute atomic E-state index is 11.2. The minimum Gasteiger partial charge on any atom is -0.394 e. The molecule has 7 heteroatoms. The Morgan fingerprint density at radius 3 is 2.00 bits per heavy atom. The minimum absolute atomic E-state index is 0.0121. The molecule has 0 radical (unpaired) electrons. The van der Waals surface area contributed by atoms with Crippen molar-refractivity contribution in [2.75, 3.05) is 19.8 Å². The predicted molar refractivity (Wildman–Crippen MR) is 93.5 cm³/mol. The van der Waals surface area contributed by atoms with Crippen LogP contribution in [0.2, 0.25) is 0 Å². The van der Waals surface area contributed by atoms with Crippen LogP contribution in [0.25, 0.3) is 0 Å². The van der Waals surface area contributed by atoms with E-state index in [0.717, 1.165) is 5.92 Å². The Morgan fingerprint density at radius 2 is 1.71 bits per heavy atom. The zero-order valence-corrected chi connectivity index (χ0v) is 16.0. The number of Topliss-reactive ketones (excluding diaryl/α,β-unsaturated/α-hetero) is 1. The molecular weight excluding hydrogens is 312 g/mol. The van der Waals surface area contributed by atoms with Gasteiger partial charge in [0.15, 0.2) is 5.78 Å². The number of carbonyl (C=O) groups excluding carboxylic acids is 3. The Bertz CT molecular complexity index is 371. The highest BCUT2D eigenvalue weighted by Gasteiger charge is 2.30. The lowest BCUT2D eigenvalue weighted by Crippen LogP contribution is -2.41. The molecule has 3 N–H and O–H groups in total. The quantitative estimate of drug-likeness (QED) is 0.489. The van der Waals surface area contributed by atoms with Gasteiger partial charge in [0.2, 0.25) is 12.3 Å². The Kier molecular flexibility index (Phi) is 13.3. The number of hydrogen-bond donors (Lipinski definition) is 3. The van der Waals surface area contributed by atoms with E-state index in [-0.39, 0.29) is 42.4 Å². The summed E-state index contributed by atoms with van der Waals surface area (Å²) in [4.78, 5) is 31.5. The summed E-state index contributed by atoms with van der Waals surface area (Å²) < 4.78 is 4.66. The van der Waals surface area contributed by atoms with Crippen LogP contribution in [0, 0.1) is 11.3 Å². The molecule has 1 fully saturated rings. The van der Waals surface area contributed by atoms with Crippen molar-refractivity contribution >= 4 is 18.1 Å². The molecule has 0 spiro atoms. The maximum Gasteiger partial charge on any atom is 0.225 e. The van der Waals surface area contributed by atoms with Crippen LogP contribution < -0.4 is 10.6 Å². The number of rotatable bonds is 6. The van der Waals surface area contributed by atoms with Crippen LogP contribution in [-0.4, -0.2) is 55.1 Å². The Hall–Kier alpha value is -1.47. The van der Waals surface area contributed by atoms with Gasteiger partial charge in [-0.2, -0.15) is 0 Å². The fourth-order valence-corrected chi connectivity index (χ4v) is 0.976. The predicted octanol–water partition coefficient (Wildman–Crippen LogP) is 0.892. The molecule has 0 aromatic carbocycles. The highest BCUT2D eigenvalue weighted by atomic mass is 16.6. The molecule has 1 aliphatic rings. The normalized spacial score (nSPS) is 16.6. The molecule has 24 heavy (non-hydrogen) atoms. The van der Waals surface area contributed by atoms with E-state index in [1.54, 1.807) is 6.92 Å². The SMILES string of the molecule is CC(C)C.CC(CO)NC(=O)C(C)(C)C.O=CNCC(=O)C1CO1.